The van der Waals surface area contributed by atoms with Crippen LogP contribution in [-0.2, 0) is 10.3 Å². The van der Waals surface area contributed by atoms with Gasteiger partial charge in [-0.05, 0) is 29.3 Å². The van der Waals surface area contributed by atoms with Gasteiger partial charge in [-0.25, -0.2) is 0 Å². The van der Waals surface area contributed by atoms with E-state index in [1.54, 1.807) is 0 Å². The van der Waals surface area contributed by atoms with Gasteiger partial charge >= 0.3 is 12.5 Å². The summed E-state index contributed by atoms with van der Waals surface area (Å²) in [5.74, 6) is -1.34. The number of likely N-dealkylation sites (N-methyl/N-ethyl adjacent to an activating group) is 1. The Balaban J connectivity index is 1.94. The standard InChI is InChI=1S/C18H12F6N2O2/c1-26-13-7-6-9(28-18(22,23)24)8-12(13)16(15(26)27)11-5-3-2-4-10(11)14(25-16)17(19,20)21/h2-8,14,25H,1H3. The molecular formula is C18H12F6N2O2. The van der Waals surface area contributed by atoms with Gasteiger partial charge in [0, 0.05) is 18.3 Å². The van der Waals surface area contributed by atoms with E-state index in [4.69, 9.17) is 0 Å². The Morgan fingerprint density at radius 1 is 1.04 bits per heavy atom. The van der Waals surface area contributed by atoms with E-state index >= 15 is 0 Å². The lowest BCUT2D eigenvalue weighted by Crippen LogP contribution is -2.49. The van der Waals surface area contributed by atoms with Gasteiger partial charge in [0.25, 0.3) is 5.91 Å². The van der Waals surface area contributed by atoms with Crippen LogP contribution in [0.25, 0.3) is 0 Å². The molecule has 10 heteroatoms. The molecule has 1 amide bonds. The average Bonchev–Trinajstić information content (AvgIpc) is 3.04. The number of alkyl halides is 6. The predicted octanol–water partition coefficient (Wildman–Crippen LogP) is 4.01. The monoisotopic (exact) mass is 402 g/mol. The molecule has 4 rings (SSSR count). The molecule has 2 aliphatic rings. The van der Waals surface area contributed by atoms with Crippen LogP contribution in [-0.4, -0.2) is 25.5 Å². The van der Waals surface area contributed by atoms with Gasteiger partial charge in [-0.1, -0.05) is 24.3 Å². The molecule has 2 aromatic carbocycles. The summed E-state index contributed by atoms with van der Waals surface area (Å²) in [6, 6.07) is 6.54. The minimum atomic E-state index is -4.98. The van der Waals surface area contributed by atoms with Crippen molar-refractivity contribution >= 4 is 11.6 Å². The summed E-state index contributed by atoms with van der Waals surface area (Å²) in [5.41, 5.74) is -1.87. The summed E-state index contributed by atoms with van der Waals surface area (Å²) in [7, 11) is 1.35. The summed E-state index contributed by atoms with van der Waals surface area (Å²) >= 11 is 0. The number of benzene rings is 2. The zero-order valence-corrected chi connectivity index (χ0v) is 14.2. The molecule has 1 spiro atoms. The summed E-state index contributed by atoms with van der Waals surface area (Å²) in [4.78, 5) is 14.2. The second-order valence-corrected chi connectivity index (χ2v) is 6.55. The topological polar surface area (TPSA) is 41.6 Å². The number of hydrogen-bond acceptors (Lipinski definition) is 3. The van der Waals surface area contributed by atoms with Crippen molar-refractivity contribution < 1.29 is 35.9 Å². The van der Waals surface area contributed by atoms with E-state index in [1.807, 2.05) is 0 Å². The van der Waals surface area contributed by atoms with E-state index in [-0.39, 0.29) is 22.4 Å². The molecule has 0 aliphatic carbocycles. The number of fused-ring (bicyclic) bond motifs is 4. The number of carbonyl (C=O) groups excluding carboxylic acids is 1. The van der Waals surface area contributed by atoms with Crippen molar-refractivity contribution in [2.45, 2.75) is 24.1 Å². The fourth-order valence-electron chi connectivity index (χ4n) is 3.90. The minimum Gasteiger partial charge on any atom is -0.406 e. The quantitative estimate of drug-likeness (QED) is 0.733. The van der Waals surface area contributed by atoms with E-state index in [1.165, 1.54) is 37.4 Å². The highest BCUT2D eigenvalue weighted by atomic mass is 19.4. The first-order valence-electron chi connectivity index (χ1n) is 8.07. The van der Waals surface area contributed by atoms with Crippen molar-refractivity contribution in [3.63, 3.8) is 0 Å². The number of anilines is 1. The molecule has 2 atom stereocenters. The van der Waals surface area contributed by atoms with Crippen LogP contribution in [0.4, 0.5) is 32.0 Å². The molecule has 4 nitrogen and oxygen atoms in total. The Labute approximate surface area is 154 Å². The van der Waals surface area contributed by atoms with Crippen molar-refractivity contribution in [3.05, 3.63) is 59.2 Å². The Kier molecular flexibility index (Phi) is 3.74. The van der Waals surface area contributed by atoms with Crippen molar-refractivity contribution in [3.8, 4) is 5.75 Å². The van der Waals surface area contributed by atoms with Crippen LogP contribution in [0, 0.1) is 0 Å². The van der Waals surface area contributed by atoms with Gasteiger partial charge < -0.3 is 9.64 Å². The second kappa shape index (κ2) is 5.63. The molecule has 0 bridgehead atoms. The van der Waals surface area contributed by atoms with Crippen molar-refractivity contribution in [1.82, 2.24) is 5.32 Å². The zero-order chi connectivity index (χ0) is 20.5. The second-order valence-electron chi connectivity index (χ2n) is 6.55. The van der Waals surface area contributed by atoms with Gasteiger partial charge in [0.1, 0.15) is 11.8 Å². The van der Waals surface area contributed by atoms with Gasteiger partial charge in [-0.15, -0.1) is 13.2 Å². The largest absolute Gasteiger partial charge is 0.573 e. The van der Waals surface area contributed by atoms with Crippen LogP contribution in [0.15, 0.2) is 42.5 Å². The van der Waals surface area contributed by atoms with Crippen LogP contribution in [0.3, 0.4) is 0 Å². The number of halogens is 6. The molecule has 0 radical (unpaired) electrons. The van der Waals surface area contributed by atoms with Crippen molar-refractivity contribution in [1.29, 1.82) is 0 Å². The molecule has 2 aromatic rings. The van der Waals surface area contributed by atoms with Crippen molar-refractivity contribution in [2.24, 2.45) is 0 Å². The number of rotatable bonds is 1. The number of ether oxygens (including phenoxy) is 1. The molecule has 0 aromatic heterocycles. The first kappa shape index (κ1) is 18.6. The maximum atomic E-state index is 13.6. The smallest absolute Gasteiger partial charge is 0.406 e. The molecule has 1 N–H and O–H groups in total. The number of carbonyl (C=O) groups is 1. The third kappa shape index (κ3) is 2.55. The summed E-state index contributed by atoms with van der Waals surface area (Å²) in [6.45, 7) is 0. The molecular weight excluding hydrogens is 390 g/mol. The lowest BCUT2D eigenvalue weighted by molar-refractivity contribution is -0.274. The molecule has 0 saturated heterocycles. The molecule has 148 valence electrons. The highest BCUT2D eigenvalue weighted by molar-refractivity contribution is 6.10. The third-order valence-electron chi connectivity index (χ3n) is 4.96. The summed E-state index contributed by atoms with van der Waals surface area (Å²) in [5, 5.41) is 2.35. The van der Waals surface area contributed by atoms with Crippen molar-refractivity contribution in [2.75, 3.05) is 11.9 Å². The fraction of sp³-hybridized carbons (Fsp3) is 0.278. The summed E-state index contributed by atoms with van der Waals surface area (Å²) < 4.78 is 82.6. The Bertz CT molecular complexity index is 971. The van der Waals surface area contributed by atoms with Crippen LogP contribution in [0.1, 0.15) is 22.7 Å². The maximum absolute atomic E-state index is 13.6. The van der Waals surface area contributed by atoms with E-state index in [2.05, 4.69) is 10.1 Å². The number of nitrogens with zero attached hydrogens (tertiary/aromatic N) is 1. The Morgan fingerprint density at radius 3 is 2.36 bits per heavy atom. The SMILES string of the molecule is CN1C(=O)C2(NC(C(F)(F)F)c3ccccc32)c2cc(OC(F)(F)F)ccc21. The van der Waals surface area contributed by atoms with Crippen LogP contribution in [0.5, 0.6) is 5.75 Å². The Hall–Kier alpha value is -2.75. The third-order valence-corrected chi connectivity index (χ3v) is 4.96. The molecule has 2 unspecified atom stereocenters. The summed E-state index contributed by atoms with van der Waals surface area (Å²) in [6.07, 6.45) is -9.69. The Morgan fingerprint density at radius 2 is 1.71 bits per heavy atom. The molecule has 0 fully saturated rings. The number of nitrogens with one attached hydrogen (secondary N) is 1. The van der Waals surface area contributed by atoms with Crippen LogP contribution in [0.2, 0.25) is 0 Å². The average molecular weight is 402 g/mol. The van der Waals surface area contributed by atoms with Gasteiger partial charge in [0.15, 0.2) is 5.54 Å². The lowest BCUT2D eigenvalue weighted by atomic mass is 9.84. The molecule has 0 saturated carbocycles. The van der Waals surface area contributed by atoms with E-state index in [9.17, 15) is 31.1 Å². The van der Waals surface area contributed by atoms with Crippen LogP contribution >= 0.6 is 0 Å². The van der Waals surface area contributed by atoms with E-state index < -0.39 is 35.8 Å². The molecule has 2 aliphatic heterocycles. The van der Waals surface area contributed by atoms with Crippen LogP contribution < -0.4 is 15.0 Å². The van der Waals surface area contributed by atoms with Gasteiger partial charge in [-0.3, -0.25) is 10.1 Å². The predicted molar refractivity (Wildman–Crippen MR) is 85.7 cm³/mol. The zero-order valence-electron chi connectivity index (χ0n) is 14.2. The highest BCUT2D eigenvalue weighted by Gasteiger charge is 2.61. The first-order valence-corrected chi connectivity index (χ1v) is 8.07. The first-order chi connectivity index (χ1) is 12.9. The lowest BCUT2D eigenvalue weighted by Gasteiger charge is -2.26. The van der Waals surface area contributed by atoms with Gasteiger partial charge in [-0.2, -0.15) is 13.2 Å². The maximum Gasteiger partial charge on any atom is 0.573 e. The van der Waals surface area contributed by atoms with Gasteiger partial charge in [0.05, 0.1) is 0 Å². The number of amides is 1. The molecule has 2 heterocycles. The highest BCUT2D eigenvalue weighted by Crippen LogP contribution is 2.54. The number of hydrogen-bond donors (Lipinski definition) is 1. The molecule has 28 heavy (non-hydrogen) atoms. The van der Waals surface area contributed by atoms with Gasteiger partial charge in [0.2, 0.25) is 0 Å². The normalized spacial score (nSPS) is 23.9. The fourth-order valence-corrected chi connectivity index (χ4v) is 3.90. The van der Waals surface area contributed by atoms with E-state index in [0.717, 1.165) is 17.0 Å². The van der Waals surface area contributed by atoms with E-state index in [0.29, 0.717) is 0 Å². The minimum absolute atomic E-state index is 0.0269.